The first-order chi connectivity index (χ1) is 16.0. The van der Waals surface area contributed by atoms with Crippen LogP contribution in [0.25, 0.3) is 22.1 Å². The van der Waals surface area contributed by atoms with Crippen LogP contribution in [-0.2, 0) is 16.1 Å². The minimum atomic E-state index is -0.247. The van der Waals surface area contributed by atoms with E-state index in [1.165, 1.54) is 16.7 Å². The lowest BCUT2D eigenvalue weighted by molar-refractivity contribution is -0.131. The second-order valence-corrected chi connectivity index (χ2v) is 8.83. The Labute approximate surface area is 196 Å². The van der Waals surface area contributed by atoms with Gasteiger partial charge in [0.2, 0.25) is 17.0 Å². The number of para-hydroxylation sites is 1. The number of aromatic nitrogens is 4. The molecule has 8 nitrogen and oxygen atoms in total. The molecule has 0 saturated heterocycles. The summed E-state index contributed by atoms with van der Waals surface area (Å²) >= 11 is 1.22. The summed E-state index contributed by atoms with van der Waals surface area (Å²) in [5, 5.41) is 12.9. The minimum Gasteiger partial charge on any atom is -0.336 e. The van der Waals surface area contributed by atoms with Crippen LogP contribution in [0.4, 0.5) is 5.69 Å². The van der Waals surface area contributed by atoms with Gasteiger partial charge in [-0.2, -0.15) is 0 Å². The maximum Gasteiger partial charge on any atom is 0.243 e. The van der Waals surface area contributed by atoms with E-state index in [1.807, 2.05) is 49.4 Å². The Morgan fingerprint density at radius 2 is 1.85 bits per heavy atom. The van der Waals surface area contributed by atoms with Crippen molar-refractivity contribution in [3.8, 4) is 0 Å². The van der Waals surface area contributed by atoms with E-state index in [4.69, 9.17) is 0 Å². The molecular formula is C24H26N6O2S. The molecule has 0 aliphatic heterocycles. The number of benzene rings is 2. The number of nitrogens with one attached hydrogen (secondary N) is 1. The first-order valence-electron chi connectivity index (χ1n) is 10.8. The smallest absolute Gasteiger partial charge is 0.243 e. The summed E-state index contributed by atoms with van der Waals surface area (Å²) < 4.78 is 2.15. The van der Waals surface area contributed by atoms with Crippen LogP contribution in [0.3, 0.4) is 0 Å². The van der Waals surface area contributed by atoms with Crippen LogP contribution in [0.15, 0.2) is 53.7 Å². The number of rotatable bonds is 8. The molecule has 0 bridgehead atoms. The lowest BCUT2D eigenvalue weighted by Gasteiger charge is -2.16. The number of thioether (sulfide) groups is 1. The lowest BCUT2D eigenvalue weighted by Crippen LogP contribution is -2.36. The Morgan fingerprint density at radius 3 is 2.61 bits per heavy atom. The average Bonchev–Trinajstić information content (AvgIpc) is 3.12. The molecule has 0 radical (unpaired) electrons. The number of nitrogens with zero attached hydrogens (tertiary/aromatic N) is 5. The highest BCUT2D eigenvalue weighted by atomic mass is 32.2. The molecule has 4 aromatic rings. The zero-order valence-corrected chi connectivity index (χ0v) is 19.7. The van der Waals surface area contributed by atoms with Crippen LogP contribution >= 0.6 is 11.8 Å². The van der Waals surface area contributed by atoms with Crippen molar-refractivity contribution in [1.29, 1.82) is 0 Å². The summed E-state index contributed by atoms with van der Waals surface area (Å²) in [5.41, 5.74) is 4.43. The van der Waals surface area contributed by atoms with E-state index < -0.39 is 0 Å². The zero-order chi connectivity index (χ0) is 23.4. The van der Waals surface area contributed by atoms with Crippen LogP contribution in [0.2, 0.25) is 0 Å². The van der Waals surface area contributed by atoms with Crippen molar-refractivity contribution in [2.75, 3.05) is 24.7 Å². The summed E-state index contributed by atoms with van der Waals surface area (Å²) in [6.45, 7) is 4.89. The van der Waals surface area contributed by atoms with Gasteiger partial charge >= 0.3 is 0 Å². The standard InChI is InChI=1S/C24H26N6O2S/c1-4-13-30-19-8-6-5-7-18(19)22-23(30)26-24(28-27-22)33-15-21(32)29(3)14-20(31)25-17-11-9-16(2)10-12-17/h5-12H,4,13-15H2,1-3H3,(H,25,31). The molecular weight excluding hydrogens is 436 g/mol. The van der Waals surface area contributed by atoms with Gasteiger partial charge < -0.3 is 14.8 Å². The first kappa shape index (κ1) is 22.7. The van der Waals surface area contributed by atoms with Crippen molar-refractivity contribution in [3.63, 3.8) is 0 Å². The molecule has 0 spiro atoms. The van der Waals surface area contributed by atoms with E-state index >= 15 is 0 Å². The van der Waals surface area contributed by atoms with Gasteiger partial charge in [0.1, 0.15) is 5.52 Å². The summed E-state index contributed by atoms with van der Waals surface area (Å²) in [6.07, 6.45) is 0.966. The largest absolute Gasteiger partial charge is 0.336 e. The molecule has 2 aromatic carbocycles. The van der Waals surface area contributed by atoms with Crippen LogP contribution in [-0.4, -0.2) is 55.8 Å². The predicted octanol–water partition coefficient (Wildman–Crippen LogP) is 3.89. The molecule has 4 rings (SSSR count). The predicted molar refractivity (Wildman–Crippen MR) is 131 cm³/mol. The molecule has 0 fully saturated rings. The fourth-order valence-electron chi connectivity index (χ4n) is 3.58. The topological polar surface area (TPSA) is 93.0 Å². The van der Waals surface area contributed by atoms with Gasteiger partial charge in [0.15, 0.2) is 5.65 Å². The number of hydrogen-bond donors (Lipinski definition) is 1. The van der Waals surface area contributed by atoms with E-state index in [9.17, 15) is 9.59 Å². The average molecular weight is 463 g/mol. The molecule has 0 aliphatic rings. The number of aryl methyl sites for hydroxylation is 2. The number of likely N-dealkylation sites (N-methyl/N-ethyl adjacent to an activating group) is 1. The number of amides is 2. The third-order valence-electron chi connectivity index (χ3n) is 5.27. The maximum atomic E-state index is 12.6. The van der Waals surface area contributed by atoms with Gasteiger partial charge in [0.25, 0.3) is 0 Å². The van der Waals surface area contributed by atoms with Gasteiger partial charge in [-0.15, -0.1) is 10.2 Å². The number of hydrogen-bond acceptors (Lipinski definition) is 6. The number of anilines is 1. The third kappa shape index (κ3) is 5.14. The number of carbonyl (C=O) groups is 2. The Kier molecular flexibility index (Phi) is 6.88. The summed E-state index contributed by atoms with van der Waals surface area (Å²) in [5.74, 6) is -0.310. The van der Waals surface area contributed by atoms with E-state index in [-0.39, 0.29) is 24.1 Å². The van der Waals surface area contributed by atoms with Crippen LogP contribution < -0.4 is 5.32 Å². The second-order valence-electron chi connectivity index (χ2n) is 7.89. The van der Waals surface area contributed by atoms with E-state index in [0.29, 0.717) is 10.8 Å². The summed E-state index contributed by atoms with van der Waals surface area (Å²) in [4.78, 5) is 30.9. The molecule has 0 unspecified atom stereocenters. The minimum absolute atomic E-state index is 0.0316. The SMILES string of the molecule is CCCn1c2ccccc2c2nnc(SCC(=O)N(C)CC(=O)Nc3ccc(C)cc3)nc21. The van der Waals surface area contributed by atoms with Crippen LogP contribution in [0, 0.1) is 6.92 Å². The van der Waals surface area contributed by atoms with Gasteiger partial charge in [-0.05, 0) is 31.5 Å². The molecule has 170 valence electrons. The van der Waals surface area contributed by atoms with E-state index in [2.05, 4.69) is 38.1 Å². The zero-order valence-electron chi connectivity index (χ0n) is 18.9. The molecule has 1 N–H and O–H groups in total. The van der Waals surface area contributed by atoms with Gasteiger partial charge in [-0.3, -0.25) is 9.59 Å². The van der Waals surface area contributed by atoms with Gasteiger partial charge in [0.05, 0.1) is 17.8 Å². The molecule has 2 heterocycles. The third-order valence-corrected chi connectivity index (χ3v) is 6.09. The molecule has 0 saturated carbocycles. The molecule has 9 heteroatoms. The number of carbonyl (C=O) groups excluding carboxylic acids is 2. The van der Waals surface area contributed by atoms with Gasteiger partial charge in [-0.1, -0.05) is 54.6 Å². The van der Waals surface area contributed by atoms with E-state index in [1.54, 1.807) is 7.05 Å². The van der Waals surface area contributed by atoms with Gasteiger partial charge in [-0.25, -0.2) is 4.98 Å². The number of fused-ring (bicyclic) bond motifs is 3. The molecule has 0 atom stereocenters. The molecule has 2 aromatic heterocycles. The Balaban J connectivity index is 1.40. The van der Waals surface area contributed by atoms with Crippen molar-refractivity contribution in [3.05, 3.63) is 54.1 Å². The van der Waals surface area contributed by atoms with Gasteiger partial charge in [0, 0.05) is 24.7 Å². The quantitative estimate of drug-likeness (QED) is 0.400. The summed E-state index contributed by atoms with van der Waals surface area (Å²) in [7, 11) is 1.61. The van der Waals surface area contributed by atoms with Crippen LogP contribution in [0.5, 0.6) is 0 Å². The maximum absolute atomic E-state index is 12.6. The fraction of sp³-hybridized carbons (Fsp3) is 0.292. The van der Waals surface area contributed by atoms with Crippen molar-refractivity contribution >= 4 is 51.3 Å². The highest BCUT2D eigenvalue weighted by molar-refractivity contribution is 7.99. The summed E-state index contributed by atoms with van der Waals surface area (Å²) in [6, 6.07) is 15.6. The highest BCUT2D eigenvalue weighted by Crippen LogP contribution is 2.27. The van der Waals surface area contributed by atoms with Crippen molar-refractivity contribution in [2.45, 2.75) is 32.0 Å². The fourth-order valence-corrected chi connectivity index (χ4v) is 4.30. The Hall–Kier alpha value is -3.46. The first-order valence-corrected chi connectivity index (χ1v) is 11.8. The molecule has 2 amide bonds. The monoisotopic (exact) mass is 462 g/mol. The van der Waals surface area contributed by atoms with Crippen molar-refractivity contribution in [1.82, 2.24) is 24.6 Å². The Morgan fingerprint density at radius 1 is 1.09 bits per heavy atom. The molecule has 33 heavy (non-hydrogen) atoms. The van der Waals surface area contributed by atoms with Crippen molar-refractivity contribution in [2.24, 2.45) is 0 Å². The Bertz CT molecular complexity index is 1300. The van der Waals surface area contributed by atoms with E-state index in [0.717, 1.165) is 40.6 Å². The lowest BCUT2D eigenvalue weighted by atomic mass is 10.2. The van der Waals surface area contributed by atoms with Crippen molar-refractivity contribution < 1.29 is 9.59 Å². The normalized spacial score (nSPS) is 11.1. The highest BCUT2D eigenvalue weighted by Gasteiger charge is 2.17. The van der Waals surface area contributed by atoms with Crippen LogP contribution in [0.1, 0.15) is 18.9 Å². The second kappa shape index (κ2) is 9.99. The molecule has 0 aliphatic carbocycles.